The molecule has 0 aliphatic heterocycles. The molecular formula is C12H10BrN3O3S. The summed E-state index contributed by atoms with van der Waals surface area (Å²) in [5, 5.41) is 21.9. The summed E-state index contributed by atoms with van der Waals surface area (Å²) in [6, 6.07) is 5.96. The number of thioether (sulfide) groups is 1. The summed E-state index contributed by atoms with van der Waals surface area (Å²) in [6.45, 7) is 0. The van der Waals surface area contributed by atoms with Gasteiger partial charge in [0.1, 0.15) is 6.10 Å². The lowest BCUT2D eigenvalue weighted by atomic mass is 10.0. The van der Waals surface area contributed by atoms with Crippen molar-refractivity contribution in [2.45, 2.75) is 11.3 Å². The zero-order valence-electron chi connectivity index (χ0n) is 10.4. The van der Waals surface area contributed by atoms with Crippen LogP contribution in [0.2, 0.25) is 0 Å². The van der Waals surface area contributed by atoms with Crippen molar-refractivity contribution in [3.63, 3.8) is 0 Å². The van der Waals surface area contributed by atoms with Crippen LogP contribution in [0.15, 0.2) is 40.1 Å². The van der Waals surface area contributed by atoms with Crippen LogP contribution in [-0.4, -0.2) is 26.3 Å². The highest BCUT2D eigenvalue weighted by atomic mass is 79.9. The summed E-state index contributed by atoms with van der Waals surface area (Å²) < 4.78 is 0.649. The summed E-state index contributed by atoms with van der Waals surface area (Å²) in [5.74, 6) is 0. The van der Waals surface area contributed by atoms with Gasteiger partial charge >= 0.3 is 0 Å². The Kier molecular flexibility index (Phi) is 4.69. The molecular weight excluding hydrogens is 346 g/mol. The van der Waals surface area contributed by atoms with Crippen molar-refractivity contribution in [3.8, 4) is 0 Å². The number of nitro groups is 1. The Morgan fingerprint density at radius 3 is 2.85 bits per heavy atom. The van der Waals surface area contributed by atoms with E-state index < -0.39 is 11.0 Å². The van der Waals surface area contributed by atoms with Gasteiger partial charge in [-0.2, -0.15) is 0 Å². The molecule has 0 fully saturated rings. The normalized spacial score (nSPS) is 12.2. The third-order valence-electron chi connectivity index (χ3n) is 2.60. The molecule has 104 valence electrons. The first-order valence-electron chi connectivity index (χ1n) is 5.51. The van der Waals surface area contributed by atoms with Crippen LogP contribution < -0.4 is 0 Å². The van der Waals surface area contributed by atoms with Crippen molar-refractivity contribution in [3.05, 3.63) is 56.3 Å². The molecule has 2 rings (SSSR count). The van der Waals surface area contributed by atoms with Crippen molar-refractivity contribution in [1.29, 1.82) is 0 Å². The second-order valence-corrected chi connectivity index (χ2v) is 5.52. The lowest BCUT2D eigenvalue weighted by molar-refractivity contribution is -0.386. The van der Waals surface area contributed by atoms with Gasteiger partial charge in [-0.1, -0.05) is 27.7 Å². The molecule has 0 aliphatic rings. The summed E-state index contributed by atoms with van der Waals surface area (Å²) in [5.41, 5.74) is 0.366. The van der Waals surface area contributed by atoms with E-state index in [2.05, 4.69) is 25.9 Å². The standard InChI is InChI=1S/C12H10BrN3O3S/c1-20-12-14-5-4-9(15-12)11(17)8-6-7(13)2-3-10(8)16(18)19/h2-6,11,17H,1H3. The Hall–Kier alpha value is -1.51. The fourth-order valence-corrected chi connectivity index (χ4v) is 2.42. The van der Waals surface area contributed by atoms with Gasteiger partial charge in [0.05, 0.1) is 16.2 Å². The Balaban J connectivity index is 2.49. The Morgan fingerprint density at radius 1 is 1.45 bits per heavy atom. The van der Waals surface area contributed by atoms with Gasteiger partial charge in [0.15, 0.2) is 5.16 Å². The van der Waals surface area contributed by atoms with Gasteiger partial charge in [-0.25, -0.2) is 9.97 Å². The largest absolute Gasteiger partial charge is 0.382 e. The van der Waals surface area contributed by atoms with E-state index in [0.29, 0.717) is 15.3 Å². The molecule has 0 bridgehead atoms. The fraction of sp³-hybridized carbons (Fsp3) is 0.167. The predicted molar refractivity (Wildman–Crippen MR) is 78.7 cm³/mol. The molecule has 1 N–H and O–H groups in total. The predicted octanol–water partition coefficient (Wildman–Crippen LogP) is 2.95. The maximum absolute atomic E-state index is 11.0. The minimum absolute atomic E-state index is 0.148. The molecule has 1 unspecified atom stereocenters. The molecule has 8 heteroatoms. The van der Waals surface area contributed by atoms with Gasteiger partial charge in [0.2, 0.25) is 0 Å². The number of aliphatic hydroxyl groups excluding tert-OH is 1. The minimum Gasteiger partial charge on any atom is -0.382 e. The molecule has 2 aromatic rings. The number of nitrogens with zero attached hydrogens (tertiary/aromatic N) is 3. The van der Waals surface area contributed by atoms with Crippen LogP contribution >= 0.6 is 27.7 Å². The molecule has 0 saturated carbocycles. The third-order valence-corrected chi connectivity index (χ3v) is 3.65. The molecule has 0 saturated heterocycles. The van der Waals surface area contributed by atoms with E-state index in [1.807, 2.05) is 6.26 Å². The molecule has 0 aliphatic carbocycles. The zero-order valence-corrected chi connectivity index (χ0v) is 12.8. The maximum Gasteiger partial charge on any atom is 0.275 e. The lowest BCUT2D eigenvalue weighted by Gasteiger charge is -2.11. The number of hydrogen-bond donors (Lipinski definition) is 1. The van der Waals surface area contributed by atoms with Crippen molar-refractivity contribution < 1.29 is 10.0 Å². The molecule has 1 atom stereocenters. The summed E-state index contributed by atoms with van der Waals surface area (Å²) in [7, 11) is 0. The first kappa shape index (κ1) is 14.9. The van der Waals surface area contributed by atoms with Crippen molar-refractivity contribution >= 4 is 33.4 Å². The molecule has 20 heavy (non-hydrogen) atoms. The highest BCUT2D eigenvalue weighted by Crippen LogP contribution is 2.31. The van der Waals surface area contributed by atoms with Crippen LogP contribution in [0, 0.1) is 10.1 Å². The summed E-state index contributed by atoms with van der Waals surface area (Å²) >= 11 is 4.58. The van der Waals surface area contributed by atoms with Crippen molar-refractivity contribution in [2.75, 3.05) is 6.26 Å². The number of benzene rings is 1. The Morgan fingerprint density at radius 2 is 2.20 bits per heavy atom. The minimum atomic E-state index is -1.18. The number of hydrogen-bond acceptors (Lipinski definition) is 6. The molecule has 0 spiro atoms. The average molecular weight is 356 g/mol. The topological polar surface area (TPSA) is 89.2 Å². The van der Waals surface area contributed by atoms with Crippen molar-refractivity contribution in [1.82, 2.24) is 9.97 Å². The van der Waals surface area contributed by atoms with Gasteiger partial charge < -0.3 is 5.11 Å². The summed E-state index contributed by atoms with van der Waals surface area (Å²) in [6.07, 6.45) is 2.15. The van der Waals surface area contributed by atoms with E-state index in [-0.39, 0.29) is 11.3 Å². The lowest BCUT2D eigenvalue weighted by Crippen LogP contribution is -2.07. The average Bonchev–Trinajstić information content (AvgIpc) is 2.46. The maximum atomic E-state index is 11.0. The van der Waals surface area contributed by atoms with Crippen molar-refractivity contribution in [2.24, 2.45) is 0 Å². The quantitative estimate of drug-likeness (QED) is 0.392. The fourth-order valence-electron chi connectivity index (χ4n) is 1.67. The van der Waals surface area contributed by atoms with Crippen LogP contribution in [0.4, 0.5) is 5.69 Å². The Labute approximate surface area is 127 Å². The van der Waals surface area contributed by atoms with E-state index in [9.17, 15) is 15.2 Å². The summed E-state index contributed by atoms with van der Waals surface area (Å²) in [4.78, 5) is 18.7. The smallest absolute Gasteiger partial charge is 0.275 e. The van der Waals surface area contributed by atoms with Gasteiger partial charge in [-0.3, -0.25) is 10.1 Å². The van der Waals surface area contributed by atoms with Gasteiger partial charge in [-0.15, -0.1) is 0 Å². The van der Waals surface area contributed by atoms with Gasteiger partial charge in [0.25, 0.3) is 5.69 Å². The first-order valence-corrected chi connectivity index (χ1v) is 7.53. The van der Waals surface area contributed by atoms with Gasteiger partial charge in [0, 0.05) is 16.7 Å². The van der Waals surface area contributed by atoms with Crippen LogP contribution in [0.25, 0.3) is 0 Å². The monoisotopic (exact) mass is 355 g/mol. The second-order valence-electron chi connectivity index (χ2n) is 3.83. The highest BCUT2D eigenvalue weighted by molar-refractivity contribution is 9.10. The molecule has 1 heterocycles. The SMILES string of the molecule is CSc1nccc(C(O)c2cc(Br)ccc2[N+](=O)[O-])n1. The number of aliphatic hydroxyl groups is 1. The van der Waals surface area contributed by atoms with Crippen LogP contribution in [-0.2, 0) is 0 Å². The highest BCUT2D eigenvalue weighted by Gasteiger charge is 2.23. The van der Waals surface area contributed by atoms with Crippen LogP contribution in [0.3, 0.4) is 0 Å². The van der Waals surface area contributed by atoms with E-state index in [1.54, 1.807) is 6.07 Å². The zero-order chi connectivity index (χ0) is 14.7. The molecule has 0 radical (unpaired) electrons. The molecule has 6 nitrogen and oxygen atoms in total. The van der Waals surface area contributed by atoms with E-state index in [1.165, 1.54) is 36.2 Å². The van der Waals surface area contributed by atoms with Gasteiger partial charge in [-0.05, 0) is 24.5 Å². The van der Waals surface area contributed by atoms with E-state index in [0.717, 1.165) is 0 Å². The number of halogens is 1. The number of nitro benzene ring substituents is 1. The molecule has 1 aromatic heterocycles. The first-order chi connectivity index (χ1) is 9.52. The van der Waals surface area contributed by atoms with E-state index >= 15 is 0 Å². The number of rotatable bonds is 4. The third kappa shape index (κ3) is 3.14. The van der Waals surface area contributed by atoms with E-state index in [4.69, 9.17) is 0 Å². The number of aromatic nitrogens is 2. The van der Waals surface area contributed by atoms with Crippen LogP contribution in [0.5, 0.6) is 0 Å². The molecule has 1 aromatic carbocycles. The van der Waals surface area contributed by atoms with Crippen LogP contribution in [0.1, 0.15) is 17.4 Å². The molecule has 0 amide bonds. The second kappa shape index (κ2) is 6.29. The Bertz CT molecular complexity index is 654.